The first-order chi connectivity index (χ1) is 15.6. The highest BCUT2D eigenvalue weighted by molar-refractivity contribution is 7.18. The zero-order valence-electron chi connectivity index (χ0n) is 16.7. The lowest BCUT2D eigenvalue weighted by atomic mass is 9.93. The van der Waals surface area contributed by atoms with Crippen molar-refractivity contribution in [1.82, 2.24) is 15.2 Å². The van der Waals surface area contributed by atoms with Gasteiger partial charge in [0, 0.05) is 34.0 Å². The molecule has 5 rings (SSSR count). The Hall–Kier alpha value is -4.41. The molecular formula is C25H16N4O2S. The predicted octanol–water partition coefficient (Wildman–Crippen LogP) is 5.03. The Morgan fingerprint density at radius 3 is 2.53 bits per heavy atom. The van der Waals surface area contributed by atoms with Crippen molar-refractivity contribution in [3.05, 3.63) is 89.6 Å². The molecule has 4 N–H and O–H groups in total. The topological polar surface area (TPSA) is 105 Å². The number of nitrogens with zero attached hydrogens (tertiary/aromatic N) is 2. The van der Waals surface area contributed by atoms with Gasteiger partial charge in [0.15, 0.2) is 0 Å². The normalized spacial score (nSPS) is 10.6. The minimum atomic E-state index is -0.990. The van der Waals surface area contributed by atoms with Crippen molar-refractivity contribution >= 4 is 33.3 Å². The Morgan fingerprint density at radius 1 is 0.969 bits per heavy atom. The van der Waals surface area contributed by atoms with Crippen LogP contribution in [0.2, 0.25) is 0 Å². The van der Waals surface area contributed by atoms with Gasteiger partial charge in [-0.1, -0.05) is 53.5 Å². The number of benzene rings is 3. The molecule has 0 radical (unpaired) electrons. The monoisotopic (exact) mass is 436 g/mol. The molecule has 0 aliphatic heterocycles. The number of fused-ring (bicyclic) bond motifs is 1. The van der Waals surface area contributed by atoms with Gasteiger partial charge in [-0.25, -0.2) is 4.79 Å². The van der Waals surface area contributed by atoms with Gasteiger partial charge in [0.2, 0.25) is 5.13 Å². The number of aromatic carboxylic acids is 1. The van der Waals surface area contributed by atoms with E-state index in [0.29, 0.717) is 16.3 Å². The van der Waals surface area contributed by atoms with E-state index < -0.39 is 5.97 Å². The van der Waals surface area contributed by atoms with Crippen LogP contribution >= 0.6 is 11.3 Å². The van der Waals surface area contributed by atoms with Crippen LogP contribution in [0.5, 0.6) is 0 Å². The fourth-order valence-corrected chi connectivity index (χ4v) is 4.15. The van der Waals surface area contributed by atoms with Crippen molar-refractivity contribution in [3.63, 3.8) is 0 Å². The Bertz CT molecular complexity index is 1520. The average molecular weight is 436 g/mol. The second-order valence-corrected chi connectivity index (χ2v) is 8.09. The summed E-state index contributed by atoms with van der Waals surface area (Å²) in [5.41, 5.74) is 10.6. The fourth-order valence-electron chi connectivity index (χ4n) is 3.54. The highest BCUT2D eigenvalue weighted by Crippen LogP contribution is 2.30. The molecule has 0 saturated carbocycles. The number of aromatic nitrogens is 3. The molecule has 2 aromatic heterocycles. The molecule has 0 atom stereocenters. The van der Waals surface area contributed by atoms with Crippen LogP contribution < -0.4 is 5.73 Å². The molecule has 0 unspecified atom stereocenters. The summed E-state index contributed by atoms with van der Waals surface area (Å²) in [4.78, 5) is 15.1. The minimum Gasteiger partial charge on any atom is -0.478 e. The number of hydrogen-bond donors (Lipinski definition) is 3. The van der Waals surface area contributed by atoms with E-state index in [1.165, 1.54) is 11.3 Å². The number of carboxylic acids is 1. The minimum absolute atomic E-state index is 0.215. The average Bonchev–Trinajstić information content (AvgIpc) is 3.46. The summed E-state index contributed by atoms with van der Waals surface area (Å²) in [6.45, 7) is 0. The number of nitrogens with one attached hydrogen (secondary N) is 1. The first-order valence-corrected chi connectivity index (χ1v) is 10.6. The summed E-state index contributed by atoms with van der Waals surface area (Å²) in [5, 5.41) is 19.9. The largest absolute Gasteiger partial charge is 0.478 e. The van der Waals surface area contributed by atoms with Gasteiger partial charge in [-0.2, -0.15) is 0 Å². The number of aromatic amines is 1. The molecule has 0 saturated heterocycles. The molecule has 6 nitrogen and oxygen atoms in total. The molecule has 32 heavy (non-hydrogen) atoms. The number of H-pyrrole nitrogens is 1. The Labute approximate surface area is 187 Å². The predicted molar refractivity (Wildman–Crippen MR) is 126 cm³/mol. The smallest absolute Gasteiger partial charge is 0.336 e. The second kappa shape index (κ2) is 8.02. The van der Waals surface area contributed by atoms with Gasteiger partial charge in [-0.05, 0) is 47.3 Å². The highest BCUT2D eigenvalue weighted by atomic mass is 32.1. The standard InChI is InChI=1S/C25H16N4O2S/c26-25-29-28-23(32-25)18-8-5-15(6-9-18)4-7-17-2-1-3-20(24(30)31)22(17)19-11-10-16-12-13-27-21(16)14-19/h1-3,5-6,8-14,27H,(H2,26,29)(H,30,31). The summed E-state index contributed by atoms with van der Waals surface area (Å²) in [5.74, 6) is 5.31. The number of nitrogen functional groups attached to an aromatic ring is 1. The molecular weight excluding hydrogens is 420 g/mol. The molecule has 0 amide bonds. The van der Waals surface area contributed by atoms with E-state index in [-0.39, 0.29) is 5.56 Å². The molecule has 0 aliphatic rings. The molecule has 0 spiro atoms. The number of nitrogens with two attached hydrogens (primary N) is 1. The Kier molecular flexibility index (Phi) is 4.90. The molecule has 5 aromatic rings. The molecule has 0 aliphatic carbocycles. The van der Waals surface area contributed by atoms with Crippen LogP contribution in [0, 0.1) is 11.8 Å². The lowest BCUT2D eigenvalue weighted by Gasteiger charge is -2.10. The lowest BCUT2D eigenvalue weighted by molar-refractivity contribution is 0.0697. The van der Waals surface area contributed by atoms with Crippen molar-refractivity contribution in [2.45, 2.75) is 0 Å². The van der Waals surface area contributed by atoms with E-state index in [2.05, 4.69) is 27.0 Å². The van der Waals surface area contributed by atoms with Gasteiger partial charge >= 0.3 is 5.97 Å². The quantitative estimate of drug-likeness (QED) is 0.344. The summed E-state index contributed by atoms with van der Waals surface area (Å²) in [6, 6.07) is 20.6. The number of carbonyl (C=O) groups is 1. The van der Waals surface area contributed by atoms with Crippen molar-refractivity contribution < 1.29 is 9.90 Å². The number of hydrogen-bond acceptors (Lipinski definition) is 5. The first kappa shape index (κ1) is 19.5. The lowest BCUT2D eigenvalue weighted by Crippen LogP contribution is -2.01. The van der Waals surface area contributed by atoms with Crippen LogP contribution in [0.25, 0.3) is 32.6 Å². The van der Waals surface area contributed by atoms with E-state index in [1.54, 1.807) is 12.1 Å². The molecule has 0 fully saturated rings. The van der Waals surface area contributed by atoms with Gasteiger partial charge < -0.3 is 15.8 Å². The van der Waals surface area contributed by atoms with Gasteiger partial charge in [-0.3, -0.25) is 0 Å². The number of carboxylic acid groups (broad SMARTS) is 1. The number of rotatable bonds is 3. The Balaban J connectivity index is 1.55. The second-order valence-electron chi connectivity index (χ2n) is 7.09. The SMILES string of the molecule is Nc1nnc(-c2ccc(C#Cc3cccc(C(=O)O)c3-c3ccc4cc[nH]c4c3)cc2)s1. The summed E-state index contributed by atoms with van der Waals surface area (Å²) in [7, 11) is 0. The summed E-state index contributed by atoms with van der Waals surface area (Å²) < 4.78 is 0. The van der Waals surface area contributed by atoms with Crippen molar-refractivity contribution in [3.8, 4) is 33.5 Å². The van der Waals surface area contributed by atoms with E-state index in [4.69, 9.17) is 5.73 Å². The van der Waals surface area contributed by atoms with Gasteiger partial charge in [-0.15, -0.1) is 10.2 Å². The van der Waals surface area contributed by atoms with Crippen LogP contribution in [-0.4, -0.2) is 26.3 Å². The van der Waals surface area contributed by atoms with Gasteiger partial charge in [0.05, 0.1) is 5.56 Å². The zero-order valence-corrected chi connectivity index (χ0v) is 17.5. The zero-order chi connectivity index (χ0) is 22.1. The Morgan fingerprint density at radius 2 is 1.78 bits per heavy atom. The van der Waals surface area contributed by atoms with Gasteiger partial charge in [0.1, 0.15) is 5.01 Å². The molecule has 7 heteroatoms. The molecule has 3 aromatic carbocycles. The maximum absolute atomic E-state index is 11.9. The van der Waals surface area contributed by atoms with E-state index in [0.717, 1.165) is 32.6 Å². The van der Waals surface area contributed by atoms with Crippen LogP contribution in [-0.2, 0) is 0 Å². The van der Waals surface area contributed by atoms with Crippen LogP contribution in [0.4, 0.5) is 5.13 Å². The molecule has 0 bridgehead atoms. The van der Waals surface area contributed by atoms with Crippen molar-refractivity contribution in [1.29, 1.82) is 0 Å². The van der Waals surface area contributed by atoms with E-state index in [9.17, 15) is 9.90 Å². The fraction of sp³-hybridized carbons (Fsp3) is 0. The third-order valence-corrected chi connectivity index (χ3v) is 5.85. The third-order valence-electron chi connectivity index (χ3n) is 5.05. The van der Waals surface area contributed by atoms with Crippen LogP contribution in [0.15, 0.2) is 72.9 Å². The third kappa shape index (κ3) is 3.71. The maximum atomic E-state index is 11.9. The van der Waals surface area contributed by atoms with Gasteiger partial charge in [0.25, 0.3) is 0 Å². The van der Waals surface area contributed by atoms with E-state index in [1.807, 2.05) is 60.8 Å². The highest BCUT2D eigenvalue weighted by Gasteiger charge is 2.15. The maximum Gasteiger partial charge on any atom is 0.336 e. The van der Waals surface area contributed by atoms with Crippen LogP contribution in [0.3, 0.4) is 0 Å². The first-order valence-electron chi connectivity index (χ1n) is 9.74. The summed E-state index contributed by atoms with van der Waals surface area (Å²) >= 11 is 1.32. The molecule has 2 heterocycles. The summed E-state index contributed by atoms with van der Waals surface area (Å²) in [6.07, 6.45) is 1.86. The van der Waals surface area contributed by atoms with Crippen molar-refractivity contribution in [2.24, 2.45) is 0 Å². The molecule has 154 valence electrons. The van der Waals surface area contributed by atoms with Crippen molar-refractivity contribution in [2.75, 3.05) is 5.73 Å². The number of anilines is 1. The van der Waals surface area contributed by atoms with Crippen LogP contribution in [0.1, 0.15) is 21.5 Å². The van der Waals surface area contributed by atoms with E-state index >= 15 is 0 Å².